The Hall–Kier alpha value is -1.81. The molecule has 0 saturated heterocycles. The minimum Gasteiger partial charge on any atom is -0.486 e. The van der Waals surface area contributed by atoms with Gasteiger partial charge in [-0.2, -0.15) is 0 Å². The molecule has 0 amide bonds. The fourth-order valence-corrected chi connectivity index (χ4v) is 3.47. The summed E-state index contributed by atoms with van der Waals surface area (Å²) < 4.78 is 11.1. The van der Waals surface area contributed by atoms with Gasteiger partial charge in [0.1, 0.15) is 12.4 Å². The molecule has 4 heteroatoms. The van der Waals surface area contributed by atoms with Gasteiger partial charge in [-0.05, 0) is 49.3 Å². The van der Waals surface area contributed by atoms with E-state index < -0.39 is 0 Å². The number of nitrogens with one attached hydrogen (secondary N) is 1. The zero-order chi connectivity index (χ0) is 17.0. The number of ether oxygens (including phenoxy) is 1. The van der Waals surface area contributed by atoms with Gasteiger partial charge < -0.3 is 14.6 Å². The number of benzene rings is 1. The second-order valence-electron chi connectivity index (χ2n) is 7.35. The normalized spacial score (nSPS) is 22.1. The zero-order valence-electron chi connectivity index (χ0n) is 14.9. The number of hydrogen-bond acceptors (Lipinski definition) is 4. The van der Waals surface area contributed by atoms with Crippen LogP contribution in [0.2, 0.25) is 0 Å². The molecular formula is C20H28N2O2. The molecule has 1 heterocycles. The lowest BCUT2D eigenvalue weighted by atomic mass is 9.57. The van der Waals surface area contributed by atoms with Gasteiger partial charge in [-0.15, -0.1) is 0 Å². The van der Waals surface area contributed by atoms with E-state index in [9.17, 15) is 0 Å². The average Bonchev–Trinajstić information content (AvgIpc) is 3.04. The Morgan fingerprint density at radius 3 is 2.79 bits per heavy atom. The van der Waals surface area contributed by atoms with Gasteiger partial charge in [-0.3, -0.25) is 0 Å². The lowest BCUT2D eigenvalue weighted by Gasteiger charge is -2.52. The summed E-state index contributed by atoms with van der Waals surface area (Å²) in [5, 5.41) is 7.88. The molecule has 0 spiro atoms. The van der Waals surface area contributed by atoms with Crippen LogP contribution in [-0.2, 0) is 13.0 Å². The third kappa shape index (κ3) is 3.81. The first-order valence-electron chi connectivity index (χ1n) is 8.95. The highest BCUT2D eigenvalue weighted by molar-refractivity contribution is 5.21. The molecule has 2 unspecified atom stereocenters. The van der Waals surface area contributed by atoms with Crippen LogP contribution in [0.3, 0.4) is 0 Å². The van der Waals surface area contributed by atoms with Crippen molar-refractivity contribution in [3.8, 4) is 5.75 Å². The fraction of sp³-hybridized carbons (Fsp3) is 0.550. The van der Waals surface area contributed by atoms with E-state index in [0.29, 0.717) is 24.0 Å². The molecule has 1 fully saturated rings. The molecule has 1 aromatic carbocycles. The first kappa shape index (κ1) is 17.0. The quantitative estimate of drug-likeness (QED) is 0.788. The van der Waals surface area contributed by atoms with Crippen molar-refractivity contribution in [1.82, 2.24) is 10.5 Å². The van der Waals surface area contributed by atoms with E-state index in [2.05, 4.69) is 31.2 Å². The maximum atomic E-state index is 5.71. The average molecular weight is 328 g/mol. The van der Waals surface area contributed by atoms with Crippen molar-refractivity contribution in [2.24, 2.45) is 11.3 Å². The molecule has 1 aliphatic rings. The molecule has 0 radical (unpaired) electrons. The molecular weight excluding hydrogens is 300 g/mol. The van der Waals surface area contributed by atoms with Crippen LogP contribution in [0.4, 0.5) is 0 Å². The monoisotopic (exact) mass is 328 g/mol. The molecule has 0 bridgehead atoms. The van der Waals surface area contributed by atoms with Gasteiger partial charge in [-0.1, -0.05) is 44.1 Å². The standard InChI is InChI=1S/C20H28N2O2/c1-4-10-21-19-12-15(20(19,2)3)11-16-13-18(24-22-16)14-23-17-8-6-5-7-9-17/h5-9,13,15,19,21H,4,10-12,14H2,1-3H3. The minimum absolute atomic E-state index is 0.314. The number of nitrogens with zero attached hydrogens (tertiary/aromatic N) is 1. The largest absolute Gasteiger partial charge is 0.486 e. The maximum Gasteiger partial charge on any atom is 0.174 e. The molecule has 1 saturated carbocycles. The Morgan fingerprint density at radius 2 is 2.08 bits per heavy atom. The molecule has 2 aromatic rings. The number of hydrogen-bond donors (Lipinski definition) is 1. The molecule has 2 atom stereocenters. The first-order chi connectivity index (χ1) is 11.6. The summed E-state index contributed by atoms with van der Waals surface area (Å²) in [6.45, 7) is 8.45. The van der Waals surface area contributed by atoms with Crippen molar-refractivity contribution in [2.75, 3.05) is 6.54 Å². The van der Waals surface area contributed by atoms with Crippen LogP contribution in [0.15, 0.2) is 40.9 Å². The summed E-state index contributed by atoms with van der Waals surface area (Å²) in [6, 6.07) is 12.4. The van der Waals surface area contributed by atoms with Crippen molar-refractivity contribution < 1.29 is 9.26 Å². The molecule has 130 valence electrons. The van der Waals surface area contributed by atoms with Crippen LogP contribution in [0.1, 0.15) is 45.1 Å². The molecule has 1 aromatic heterocycles. The van der Waals surface area contributed by atoms with Crippen molar-refractivity contribution in [1.29, 1.82) is 0 Å². The summed E-state index contributed by atoms with van der Waals surface area (Å²) >= 11 is 0. The smallest absolute Gasteiger partial charge is 0.174 e. The van der Waals surface area contributed by atoms with E-state index in [4.69, 9.17) is 9.26 Å². The summed E-state index contributed by atoms with van der Waals surface area (Å²) in [5.41, 5.74) is 1.35. The highest BCUT2D eigenvalue weighted by atomic mass is 16.5. The Bertz CT molecular complexity index is 636. The van der Waals surface area contributed by atoms with E-state index in [1.165, 1.54) is 12.8 Å². The van der Waals surface area contributed by atoms with Crippen LogP contribution in [0.25, 0.3) is 0 Å². The molecule has 4 nitrogen and oxygen atoms in total. The van der Waals surface area contributed by atoms with Gasteiger partial charge in [-0.25, -0.2) is 0 Å². The molecule has 3 rings (SSSR count). The summed E-state index contributed by atoms with van der Waals surface area (Å²) in [5.74, 6) is 2.28. The van der Waals surface area contributed by atoms with Crippen molar-refractivity contribution in [3.63, 3.8) is 0 Å². The second kappa shape index (κ2) is 7.39. The second-order valence-corrected chi connectivity index (χ2v) is 7.35. The van der Waals surface area contributed by atoms with E-state index in [1.807, 2.05) is 36.4 Å². The Labute approximate surface area is 144 Å². The minimum atomic E-state index is 0.314. The third-order valence-corrected chi connectivity index (χ3v) is 5.30. The lowest BCUT2D eigenvalue weighted by molar-refractivity contribution is 0.0138. The maximum absolute atomic E-state index is 5.71. The predicted molar refractivity (Wildman–Crippen MR) is 95.0 cm³/mol. The van der Waals surface area contributed by atoms with Crippen LogP contribution >= 0.6 is 0 Å². The number of rotatable bonds is 8. The summed E-state index contributed by atoms with van der Waals surface area (Å²) in [4.78, 5) is 0. The van der Waals surface area contributed by atoms with E-state index in [0.717, 1.165) is 30.2 Å². The van der Waals surface area contributed by atoms with Gasteiger partial charge in [0.15, 0.2) is 5.76 Å². The summed E-state index contributed by atoms with van der Waals surface area (Å²) in [7, 11) is 0. The van der Waals surface area contributed by atoms with Crippen LogP contribution < -0.4 is 10.1 Å². The topological polar surface area (TPSA) is 47.3 Å². The molecule has 1 N–H and O–H groups in total. The molecule has 0 aliphatic heterocycles. The number of aromatic nitrogens is 1. The van der Waals surface area contributed by atoms with Gasteiger partial charge in [0.25, 0.3) is 0 Å². The van der Waals surface area contributed by atoms with Crippen LogP contribution in [-0.4, -0.2) is 17.7 Å². The zero-order valence-corrected chi connectivity index (χ0v) is 14.9. The van der Waals surface area contributed by atoms with Crippen molar-refractivity contribution >= 4 is 0 Å². The molecule has 1 aliphatic carbocycles. The van der Waals surface area contributed by atoms with E-state index in [1.54, 1.807) is 0 Å². The summed E-state index contributed by atoms with van der Waals surface area (Å²) in [6.07, 6.45) is 3.38. The Balaban J connectivity index is 1.50. The van der Waals surface area contributed by atoms with Crippen molar-refractivity contribution in [3.05, 3.63) is 47.9 Å². The predicted octanol–water partition coefficient (Wildman–Crippen LogP) is 4.21. The number of para-hydroxylation sites is 1. The van der Waals surface area contributed by atoms with Gasteiger partial charge in [0, 0.05) is 12.1 Å². The van der Waals surface area contributed by atoms with Gasteiger partial charge >= 0.3 is 0 Å². The lowest BCUT2D eigenvalue weighted by Crippen LogP contribution is -2.57. The van der Waals surface area contributed by atoms with E-state index >= 15 is 0 Å². The van der Waals surface area contributed by atoms with Crippen molar-refractivity contribution in [2.45, 2.75) is 52.7 Å². The highest BCUT2D eigenvalue weighted by Crippen LogP contribution is 2.47. The Kier molecular flexibility index (Phi) is 5.24. The van der Waals surface area contributed by atoms with Crippen LogP contribution in [0, 0.1) is 11.3 Å². The van der Waals surface area contributed by atoms with Gasteiger partial charge in [0.2, 0.25) is 0 Å². The Morgan fingerprint density at radius 1 is 1.29 bits per heavy atom. The third-order valence-electron chi connectivity index (χ3n) is 5.30. The fourth-order valence-electron chi connectivity index (χ4n) is 3.47. The molecule has 24 heavy (non-hydrogen) atoms. The highest BCUT2D eigenvalue weighted by Gasteiger charge is 2.47. The van der Waals surface area contributed by atoms with Gasteiger partial charge in [0.05, 0.1) is 5.69 Å². The van der Waals surface area contributed by atoms with Crippen LogP contribution in [0.5, 0.6) is 5.75 Å². The first-order valence-corrected chi connectivity index (χ1v) is 8.95. The van der Waals surface area contributed by atoms with E-state index in [-0.39, 0.29) is 0 Å². The SMILES string of the molecule is CCCNC1CC(Cc2cc(COc3ccccc3)on2)C1(C)C.